The molecule has 0 aliphatic carbocycles. The van der Waals surface area contributed by atoms with E-state index in [1.807, 2.05) is 37.3 Å². The van der Waals surface area contributed by atoms with Crippen molar-refractivity contribution in [3.8, 4) is 0 Å². The number of carbonyl (C=O) groups is 3. The van der Waals surface area contributed by atoms with Crippen molar-refractivity contribution < 1.29 is 14.4 Å². The molecule has 0 aliphatic heterocycles. The first kappa shape index (κ1) is 22.1. The van der Waals surface area contributed by atoms with E-state index < -0.39 is 0 Å². The van der Waals surface area contributed by atoms with Gasteiger partial charge in [0.2, 0.25) is 11.8 Å². The molecule has 6 nitrogen and oxygen atoms in total. The number of aryl methyl sites for hydroxylation is 1. The Morgan fingerprint density at radius 2 is 1.23 bits per heavy atom. The van der Waals surface area contributed by atoms with Crippen LogP contribution in [0.3, 0.4) is 0 Å². The second-order valence-electron chi connectivity index (χ2n) is 6.86. The minimum atomic E-state index is -0.223. The van der Waals surface area contributed by atoms with Crippen molar-refractivity contribution in [3.63, 3.8) is 0 Å². The fourth-order valence-corrected chi connectivity index (χ4v) is 3.44. The van der Waals surface area contributed by atoms with Gasteiger partial charge in [-0.05, 0) is 55.0 Å². The Morgan fingerprint density at radius 1 is 0.677 bits per heavy atom. The second kappa shape index (κ2) is 11.0. The summed E-state index contributed by atoms with van der Waals surface area (Å²) in [6.07, 6.45) is 0. The topological polar surface area (TPSA) is 87.3 Å². The first-order valence-electron chi connectivity index (χ1n) is 9.70. The summed E-state index contributed by atoms with van der Waals surface area (Å²) in [5.41, 5.74) is 3.51. The van der Waals surface area contributed by atoms with Gasteiger partial charge in [0.1, 0.15) is 0 Å². The predicted molar refractivity (Wildman–Crippen MR) is 127 cm³/mol. The third-order valence-corrected chi connectivity index (χ3v) is 5.14. The zero-order valence-electron chi connectivity index (χ0n) is 17.1. The van der Waals surface area contributed by atoms with Gasteiger partial charge < -0.3 is 16.0 Å². The minimum absolute atomic E-state index is 0.141. The number of nitrogens with one attached hydrogen (secondary N) is 3. The van der Waals surface area contributed by atoms with Crippen LogP contribution in [-0.2, 0) is 9.59 Å². The van der Waals surface area contributed by atoms with Gasteiger partial charge in [-0.15, -0.1) is 11.8 Å². The van der Waals surface area contributed by atoms with Gasteiger partial charge in [-0.1, -0.05) is 36.4 Å². The largest absolute Gasteiger partial charge is 0.325 e. The van der Waals surface area contributed by atoms with Crippen LogP contribution in [0.2, 0.25) is 0 Å². The van der Waals surface area contributed by atoms with Crippen LogP contribution < -0.4 is 16.0 Å². The quantitative estimate of drug-likeness (QED) is 0.486. The number of benzene rings is 3. The summed E-state index contributed by atoms with van der Waals surface area (Å²) in [6, 6.07) is 23.4. The normalized spacial score (nSPS) is 10.2. The fourth-order valence-electron chi connectivity index (χ4n) is 2.82. The molecule has 0 unspecified atom stereocenters. The first-order chi connectivity index (χ1) is 15.0. The lowest BCUT2D eigenvalue weighted by molar-refractivity contribution is -0.114. The number of carbonyl (C=O) groups excluding carboxylic acids is 3. The smallest absolute Gasteiger partial charge is 0.255 e. The monoisotopic (exact) mass is 433 g/mol. The van der Waals surface area contributed by atoms with Crippen molar-refractivity contribution in [1.82, 2.24) is 0 Å². The van der Waals surface area contributed by atoms with E-state index in [-0.39, 0.29) is 29.2 Å². The molecule has 3 amide bonds. The highest BCUT2D eigenvalue weighted by molar-refractivity contribution is 8.00. The molecule has 0 bridgehead atoms. The summed E-state index contributed by atoms with van der Waals surface area (Å²) in [7, 11) is 0. The maximum absolute atomic E-state index is 12.3. The predicted octanol–water partition coefficient (Wildman–Crippen LogP) is 4.56. The molecule has 0 radical (unpaired) electrons. The Labute approximate surface area is 185 Å². The van der Waals surface area contributed by atoms with Crippen LogP contribution >= 0.6 is 11.8 Å². The highest BCUT2D eigenvalue weighted by Gasteiger charge is 2.09. The van der Waals surface area contributed by atoms with Crippen molar-refractivity contribution in [1.29, 1.82) is 0 Å². The maximum Gasteiger partial charge on any atom is 0.255 e. The minimum Gasteiger partial charge on any atom is -0.325 e. The summed E-state index contributed by atoms with van der Waals surface area (Å²) in [5.74, 6) is -0.288. The van der Waals surface area contributed by atoms with E-state index in [2.05, 4.69) is 16.0 Å². The number of thioether (sulfide) groups is 1. The molecule has 0 fully saturated rings. The lowest BCUT2D eigenvalue weighted by atomic mass is 10.2. The Hall–Kier alpha value is -3.58. The van der Waals surface area contributed by atoms with Crippen molar-refractivity contribution >= 4 is 46.5 Å². The summed E-state index contributed by atoms with van der Waals surface area (Å²) in [6.45, 7) is 1.96. The molecule has 3 aromatic carbocycles. The van der Waals surface area contributed by atoms with Crippen LogP contribution in [0.5, 0.6) is 0 Å². The van der Waals surface area contributed by atoms with E-state index in [1.54, 1.807) is 48.5 Å². The third-order valence-electron chi connectivity index (χ3n) is 4.21. The Morgan fingerprint density at radius 3 is 1.84 bits per heavy atom. The highest BCUT2D eigenvalue weighted by Crippen LogP contribution is 2.17. The molecule has 3 aromatic rings. The van der Waals surface area contributed by atoms with E-state index >= 15 is 0 Å². The Bertz CT molecular complexity index is 1070. The standard InChI is InChI=1S/C24H23N3O3S/c1-17-7-5-10-19(13-17)25-22(28)15-31-16-23(29)26-20-11-6-12-21(14-20)27-24(30)18-8-3-2-4-9-18/h2-14H,15-16H2,1H3,(H,25,28)(H,26,29)(H,27,30). The Kier molecular flexibility index (Phi) is 7.84. The SMILES string of the molecule is Cc1cccc(NC(=O)CSCC(=O)Nc2cccc(NC(=O)c3ccccc3)c2)c1. The molecule has 0 spiro atoms. The average Bonchev–Trinajstić information content (AvgIpc) is 2.74. The van der Waals surface area contributed by atoms with Crippen LogP contribution in [0.1, 0.15) is 15.9 Å². The number of rotatable bonds is 8. The van der Waals surface area contributed by atoms with Gasteiger partial charge in [0, 0.05) is 22.6 Å². The molecule has 158 valence electrons. The van der Waals surface area contributed by atoms with Crippen molar-refractivity contribution in [2.45, 2.75) is 6.92 Å². The number of hydrogen-bond acceptors (Lipinski definition) is 4. The molecule has 0 saturated carbocycles. The Balaban J connectivity index is 1.44. The molecule has 31 heavy (non-hydrogen) atoms. The molecule has 3 rings (SSSR count). The molecule has 7 heteroatoms. The fraction of sp³-hybridized carbons (Fsp3) is 0.125. The summed E-state index contributed by atoms with van der Waals surface area (Å²) in [5, 5.41) is 8.41. The zero-order chi connectivity index (χ0) is 22.1. The van der Waals surface area contributed by atoms with Crippen LogP contribution in [0.15, 0.2) is 78.9 Å². The molecule has 0 aromatic heterocycles. The molecule has 0 saturated heterocycles. The molecular formula is C24H23N3O3S. The van der Waals surface area contributed by atoms with Crippen LogP contribution in [-0.4, -0.2) is 29.2 Å². The van der Waals surface area contributed by atoms with Gasteiger partial charge >= 0.3 is 0 Å². The van der Waals surface area contributed by atoms with Gasteiger partial charge in [0.25, 0.3) is 5.91 Å². The summed E-state index contributed by atoms with van der Waals surface area (Å²) >= 11 is 1.23. The van der Waals surface area contributed by atoms with E-state index in [1.165, 1.54) is 11.8 Å². The lowest BCUT2D eigenvalue weighted by Gasteiger charge is -2.09. The van der Waals surface area contributed by atoms with E-state index in [0.717, 1.165) is 11.3 Å². The highest BCUT2D eigenvalue weighted by atomic mass is 32.2. The zero-order valence-corrected chi connectivity index (χ0v) is 17.9. The van der Waals surface area contributed by atoms with Crippen LogP contribution in [0.25, 0.3) is 0 Å². The van der Waals surface area contributed by atoms with Crippen LogP contribution in [0.4, 0.5) is 17.1 Å². The van der Waals surface area contributed by atoms with E-state index in [0.29, 0.717) is 16.9 Å². The van der Waals surface area contributed by atoms with Gasteiger partial charge in [-0.2, -0.15) is 0 Å². The van der Waals surface area contributed by atoms with Gasteiger partial charge in [0.15, 0.2) is 0 Å². The molecule has 3 N–H and O–H groups in total. The maximum atomic E-state index is 12.3. The van der Waals surface area contributed by atoms with Gasteiger partial charge in [-0.25, -0.2) is 0 Å². The summed E-state index contributed by atoms with van der Waals surface area (Å²) < 4.78 is 0. The van der Waals surface area contributed by atoms with Crippen molar-refractivity contribution in [2.24, 2.45) is 0 Å². The molecular weight excluding hydrogens is 410 g/mol. The first-order valence-corrected chi connectivity index (χ1v) is 10.9. The molecule has 0 heterocycles. The van der Waals surface area contributed by atoms with E-state index in [9.17, 15) is 14.4 Å². The second-order valence-corrected chi connectivity index (χ2v) is 7.85. The molecule has 0 atom stereocenters. The number of amides is 3. The third kappa shape index (κ3) is 7.31. The van der Waals surface area contributed by atoms with E-state index in [4.69, 9.17) is 0 Å². The van der Waals surface area contributed by atoms with Crippen molar-refractivity contribution in [2.75, 3.05) is 27.5 Å². The van der Waals surface area contributed by atoms with Gasteiger partial charge in [0.05, 0.1) is 11.5 Å². The molecule has 0 aliphatic rings. The average molecular weight is 434 g/mol. The van der Waals surface area contributed by atoms with Crippen molar-refractivity contribution in [3.05, 3.63) is 90.0 Å². The number of anilines is 3. The summed E-state index contributed by atoms with van der Waals surface area (Å²) in [4.78, 5) is 36.5. The van der Waals surface area contributed by atoms with Gasteiger partial charge in [-0.3, -0.25) is 14.4 Å². The lowest BCUT2D eigenvalue weighted by Crippen LogP contribution is -2.18. The van der Waals surface area contributed by atoms with Crippen LogP contribution in [0, 0.1) is 6.92 Å². The number of hydrogen-bond donors (Lipinski definition) is 3.